The maximum Gasteiger partial charge on any atom is 0.152 e. The van der Waals surface area contributed by atoms with E-state index in [4.69, 9.17) is 9.26 Å². The van der Waals surface area contributed by atoms with Gasteiger partial charge in [-0.15, -0.1) is 0 Å². The summed E-state index contributed by atoms with van der Waals surface area (Å²) in [6, 6.07) is 0. The van der Waals surface area contributed by atoms with Crippen molar-refractivity contribution < 1.29 is 14.4 Å². The molecule has 1 aromatic heterocycles. The molecule has 0 unspecified atom stereocenters. The molecule has 1 fully saturated rings. The van der Waals surface area contributed by atoms with Gasteiger partial charge in [0.2, 0.25) is 0 Å². The Balaban J connectivity index is 1.87. The van der Waals surface area contributed by atoms with E-state index in [-0.39, 0.29) is 17.8 Å². The number of rotatable bonds is 12. The Morgan fingerprint density at radius 2 is 2.03 bits per heavy atom. The molecule has 188 valence electrons. The Morgan fingerprint density at radius 1 is 1.26 bits per heavy atom. The summed E-state index contributed by atoms with van der Waals surface area (Å²) in [5, 5.41) is 14.3. The Bertz CT molecular complexity index is 1060. The van der Waals surface area contributed by atoms with Crippen LogP contribution < -0.4 is 0 Å². The number of nitrogens with zero attached hydrogens (tertiary/aromatic N) is 2. The zero-order chi connectivity index (χ0) is 25.4. The van der Waals surface area contributed by atoms with Crippen LogP contribution >= 0.6 is 0 Å². The van der Waals surface area contributed by atoms with Gasteiger partial charge in [-0.2, -0.15) is 0 Å². The summed E-state index contributed by atoms with van der Waals surface area (Å²) < 4.78 is 12.1. The number of aliphatic hydroxyl groups is 1. The first kappa shape index (κ1) is 26.6. The van der Waals surface area contributed by atoms with E-state index in [9.17, 15) is 5.11 Å². The molecular weight excluding hydrogens is 436 g/mol. The third-order valence-electron chi connectivity index (χ3n) is 6.31. The molecule has 2 heterocycles. The number of hydrogen-bond acceptors (Lipinski definition) is 5. The summed E-state index contributed by atoms with van der Waals surface area (Å²) in [5.41, 5.74) is 4.37. The van der Waals surface area contributed by atoms with E-state index in [1.54, 1.807) is 12.2 Å². The van der Waals surface area contributed by atoms with Gasteiger partial charge in [0, 0.05) is 24.6 Å². The first-order valence-electron chi connectivity index (χ1n) is 12.7. The number of aromatic nitrogens is 1. The minimum atomic E-state index is -0.0261. The molecular formula is C30H40N2O3. The third kappa shape index (κ3) is 6.76. The molecule has 2 aliphatic rings. The lowest BCUT2D eigenvalue weighted by Gasteiger charge is -2.39. The summed E-state index contributed by atoms with van der Waals surface area (Å²) >= 11 is 0. The third-order valence-corrected chi connectivity index (χ3v) is 6.31. The molecule has 0 bridgehead atoms. The smallest absolute Gasteiger partial charge is 0.152 e. The predicted molar refractivity (Wildman–Crippen MR) is 145 cm³/mol. The van der Waals surface area contributed by atoms with Crippen LogP contribution in [0, 0.1) is 0 Å². The van der Waals surface area contributed by atoms with E-state index in [0.717, 1.165) is 78.4 Å². The van der Waals surface area contributed by atoms with Crippen molar-refractivity contribution in [3.63, 3.8) is 0 Å². The van der Waals surface area contributed by atoms with E-state index in [1.165, 1.54) is 0 Å². The van der Waals surface area contributed by atoms with Gasteiger partial charge in [0.25, 0.3) is 0 Å². The van der Waals surface area contributed by atoms with Gasteiger partial charge in [0.15, 0.2) is 5.76 Å². The lowest BCUT2D eigenvalue weighted by atomic mass is 9.88. The Morgan fingerprint density at radius 3 is 2.63 bits per heavy atom. The largest absolute Gasteiger partial charge is 0.508 e. The quantitative estimate of drug-likeness (QED) is 0.250. The van der Waals surface area contributed by atoms with Crippen molar-refractivity contribution in [2.45, 2.75) is 65.4 Å². The fourth-order valence-corrected chi connectivity index (χ4v) is 4.37. The number of ether oxygens (including phenoxy) is 1. The van der Waals surface area contributed by atoms with E-state index in [0.29, 0.717) is 6.42 Å². The van der Waals surface area contributed by atoms with Gasteiger partial charge < -0.3 is 14.4 Å². The Kier molecular flexibility index (Phi) is 9.55. The highest BCUT2D eigenvalue weighted by Gasteiger charge is 2.28. The summed E-state index contributed by atoms with van der Waals surface area (Å²) in [5.74, 6) is 1.83. The maximum atomic E-state index is 9.79. The molecule has 0 saturated carbocycles. The van der Waals surface area contributed by atoms with Gasteiger partial charge in [0.1, 0.15) is 23.3 Å². The monoisotopic (exact) mass is 476 g/mol. The molecule has 35 heavy (non-hydrogen) atoms. The molecule has 5 nitrogen and oxygen atoms in total. The van der Waals surface area contributed by atoms with Crippen LogP contribution in [0.25, 0.3) is 11.1 Å². The zero-order valence-corrected chi connectivity index (χ0v) is 21.7. The van der Waals surface area contributed by atoms with E-state index in [2.05, 4.69) is 43.1 Å². The SMILES string of the molecule is C=C(C)/C(=C\CCC)c1noc([C@H]2C=CC(O)=CC2)c1C(=C)/C=C\C(=C/C)OC1CN(CCC)C1. The number of likely N-dealkylation sites (tertiary alicyclic amines) is 1. The number of unbranched alkanes of at least 4 members (excludes halogenated alkanes) is 1. The molecule has 1 aliphatic carbocycles. The van der Waals surface area contributed by atoms with Crippen LogP contribution in [-0.2, 0) is 4.74 Å². The molecule has 1 aliphatic heterocycles. The van der Waals surface area contributed by atoms with Gasteiger partial charge in [-0.3, -0.25) is 4.90 Å². The maximum absolute atomic E-state index is 9.79. The normalized spacial score (nSPS) is 19.7. The highest BCUT2D eigenvalue weighted by Crippen LogP contribution is 2.38. The van der Waals surface area contributed by atoms with Gasteiger partial charge in [-0.05, 0) is 75.1 Å². The van der Waals surface area contributed by atoms with Crippen molar-refractivity contribution in [3.05, 3.63) is 89.8 Å². The second-order valence-electron chi connectivity index (χ2n) is 9.34. The van der Waals surface area contributed by atoms with Gasteiger partial charge >= 0.3 is 0 Å². The zero-order valence-electron chi connectivity index (χ0n) is 21.7. The molecule has 0 spiro atoms. The second kappa shape index (κ2) is 12.6. The fourth-order valence-electron chi connectivity index (χ4n) is 4.37. The van der Waals surface area contributed by atoms with Gasteiger partial charge in [0.05, 0.1) is 5.56 Å². The molecule has 3 rings (SSSR count). The molecule has 1 N–H and O–H groups in total. The van der Waals surface area contributed by atoms with Crippen molar-refractivity contribution in [1.29, 1.82) is 0 Å². The first-order valence-corrected chi connectivity index (χ1v) is 12.7. The van der Waals surface area contributed by atoms with Crippen LogP contribution in [0.5, 0.6) is 0 Å². The van der Waals surface area contributed by atoms with E-state index in [1.807, 2.05) is 38.2 Å². The Hall–Kier alpha value is -3.05. The number of hydrogen-bond donors (Lipinski definition) is 1. The van der Waals surface area contributed by atoms with Crippen LogP contribution in [0.15, 0.2) is 77.3 Å². The summed E-state index contributed by atoms with van der Waals surface area (Å²) in [4.78, 5) is 2.40. The van der Waals surface area contributed by atoms with E-state index >= 15 is 0 Å². The van der Waals surface area contributed by atoms with Gasteiger partial charge in [-0.1, -0.05) is 56.8 Å². The summed E-state index contributed by atoms with van der Waals surface area (Å²) in [6.45, 7) is 20.0. The lowest BCUT2D eigenvalue weighted by Crippen LogP contribution is -2.51. The van der Waals surface area contributed by atoms with Crippen LogP contribution in [0.3, 0.4) is 0 Å². The van der Waals surface area contributed by atoms with Crippen LogP contribution in [0.2, 0.25) is 0 Å². The fraction of sp³-hybridized carbons (Fsp3) is 0.433. The molecule has 1 aromatic rings. The summed E-state index contributed by atoms with van der Waals surface area (Å²) in [7, 11) is 0. The van der Waals surface area contributed by atoms with Crippen LogP contribution in [-0.4, -0.2) is 40.9 Å². The average Bonchev–Trinajstić information content (AvgIpc) is 3.25. The van der Waals surface area contributed by atoms with Crippen molar-refractivity contribution in [3.8, 4) is 0 Å². The van der Waals surface area contributed by atoms with Crippen molar-refractivity contribution >= 4 is 11.1 Å². The predicted octanol–water partition coefficient (Wildman–Crippen LogP) is 7.50. The Labute approximate surface area is 210 Å². The number of allylic oxidation sites excluding steroid dienone is 10. The van der Waals surface area contributed by atoms with Crippen molar-refractivity contribution in [2.24, 2.45) is 0 Å². The first-order chi connectivity index (χ1) is 16.9. The molecule has 1 saturated heterocycles. The number of aliphatic hydroxyl groups excluding tert-OH is 1. The van der Waals surface area contributed by atoms with Crippen molar-refractivity contribution in [1.82, 2.24) is 10.1 Å². The molecule has 5 heteroatoms. The standard InChI is InChI=1S/C30H40N2O3/c1-7-10-11-27(21(4)5)29-28(30(35-31-29)23-13-15-24(33)16-14-23)22(6)12-17-25(9-3)34-26-19-32(20-26)18-8-2/h9,11-13,15-17,23,26,33H,4,6-8,10,14,18-20H2,1-3,5H3/b17-12-,25-9+,27-11+/t23-/m0/s1. The molecule has 0 radical (unpaired) electrons. The van der Waals surface area contributed by atoms with Gasteiger partial charge in [-0.25, -0.2) is 0 Å². The molecule has 0 aromatic carbocycles. The van der Waals surface area contributed by atoms with Crippen molar-refractivity contribution in [2.75, 3.05) is 19.6 Å². The minimum absolute atomic E-state index is 0.0261. The minimum Gasteiger partial charge on any atom is -0.508 e. The van der Waals surface area contributed by atoms with Crippen LogP contribution in [0.4, 0.5) is 0 Å². The average molecular weight is 477 g/mol. The highest BCUT2D eigenvalue weighted by atomic mass is 16.5. The molecule has 0 amide bonds. The topological polar surface area (TPSA) is 58.7 Å². The highest BCUT2D eigenvalue weighted by molar-refractivity contribution is 5.87. The lowest BCUT2D eigenvalue weighted by molar-refractivity contribution is -0.0172. The second-order valence-corrected chi connectivity index (χ2v) is 9.34. The van der Waals surface area contributed by atoms with Crippen LogP contribution in [0.1, 0.15) is 76.3 Å². The van der Waals surface area contributed by atoms with E-state index < -0.39 is 0 Å². The molecule has 1 atom stereocenters. The summed E-state index contributed by atoms with van der Waals surface area (Å²) in [6.07, 6.45) is 17.6.